The Hall–Kier alpha value is -3.09. The second kappa shape index (κ2) is 9.41. The number of halogens is 1. The van der Waals surface area contributed by atoms with Crippen LogP contribution in [0.2, 0.25) is 5.02 Å². The smallest absolute Gasteiger partial charge is 0.271 e. The largest absolute Gasteiger partial charge is 0.497 e. The number of carbonyl (C=O) groups excluding carboxylic acids is 1. The Balaban J connectivity index is 1.43. The maximum atomic E-state index is 13.6. The average molecular weight is 478 g/mol. The van der Waals surface area contributed by atoms with E-state index < -0.39 is 0 Å². The molecule has 0 atom stereocenters. The number of hydrogen-bond donors (Lipinski definition) is 1. The minimum absolute atomic E-state index is 0.0225. The van der Waals surface area contributed by atoms with Gasteiger partial charge < -0.3 is 19.5 Å². The van der Waals surface area contributed by atoms with E-state index in [1.165, 1.54) is 5.69 Å². The van der Waals surface area contributed by atoms with Crippen LogP contribution in [-0.4, -0.2) is 49.1 Å². The second-order valence-electron chi connectivity index (χ2n) is 7.91. The van der Waals surface area contributed by atoms with Gasteiger partial charge in [-0.25, -0.2) is 0 Å². The normalized spacial score (nSPS) is 14.0. The number of nitrogens with one attached hydrogen (secondary N) is 1. The lowest BCUT2D eigenvalue weighted by Crippen LogP contribution is -2.49. The fourth-order valence-corrected chi connectivity index (χ4v) is 5.28. The zero-order chi connectivity index (χ0) is 22.8. The Kier molecular flexibility index (Phi) is 6.20. The molecular formula is C26H24ClN3O2S. The maximum absolute atomic E-state index is 13.6. The molecule has 33 heavy (non-hydrogen) atoms. The van der Waals surface area contributed by atoms with Gasteiger partial charge in [-0.2, -0.15) is 0 Å². The molecule has 4 aromatic rings. The van der Waals surface area contributed by atoms with Crippen molar-refractivity contribution in [3.63, 3.8) is 0 Å². The van der Waals surface area contributed by atoms with Crippen molar-refractivity contribution in [1.29, 1.82) is 0 Å². The van der Waals surface area contributed by atoms with E-state index in [9.17, 15) is 4.79 Å². The third kappa shape index (κ3) is 4.54. The number of methoxy groups -OCH3 is 1. The van der Waals surface area contributed by atoms with Crippen LogP contribution >= 0.6 is 23.4 Å². The van der Waals surface area contributed by atoms with Gasteiger partial charge in [-0.15, -0.1) is 0 Å². The molecule has 0 saturated carbocycles. The van der Waals surface area contributed by atoms with Gasteiger partial charge in [-0.3, -0.25) is 4.79 Å². The van der Waals surface area contributed by atoms with Crippen LogP contribution < -0.4 is 9.64 Å². The van der Waals surface area contributed by atoms with Crippen molar-refractivity contribution in [1.82, 2.24) is 9.88 Å². The summed E-state index contributed by atoms with van der Waals surface area (Å²) < 4.78 is 5.39. The molecule has 0 unspecified atom stereocenters. The number of hydrogen-bond acceptors (Lipinski definition) is 4. The first kappa shape index (κ1) is 21.7. The van der Waals surface area contributed by atoms with Gasteiger partial charge in [0.15, 0.2) is 0 Å². The fourth-order valence-electron chi connectivity index (χ4n) is 4.12. The first-order chi connectivity index (χ1) is 16.1. The number of rotatable bonds is 5. The molecule has 1 aliphatic heterocycles. The number of anilines is 1. The summed E-state index contributed by atoms with van der Waals surface area (Å²) >= 11 is 7.64. The number of para-hydroxylation sites is 1. The zero-order valence-electron chi connectivity index (χ0n) is 18.3. The van der Waals surface area contributed by atoms with Crippen molar-refractivity contribution < 1.29 is 9.53 Å². The molecule has 0 radical (unpaired) electrons. The lowest BCUT2D eigenvalue weighted by Gasteiger charge is -2.36. The summed E-state index contributed by atoms with van der Waals surface area (Å²) in [6.07, 6.45) is 0. The fraction of sp³-hybridized carbons (Fsp3) is 0.192. The summed E-state index contributed by atoms with van der Waals surface area (Å²) in [7, 11) is 1.64. The molecule has 5 rings (SSSR count). The highest BCUT2D eigenvalue weighted by atomic mass is 35.5. The lowest BCUT2D eigenvalue weighted by molar-refractivity contribution is 0.0738. The van der Waals surface area contributed by atoms with Crippen molar-refractivity contribution in [2.75, 3.05) is 38.2 Å². The molecule has 1 saturated heterocycles. The van der Waals surface area contributed by atoms with Crippen LogP contribution in [0.5, 0.6) is 5.75 Å². The molecule has 2 heterocycles. The standard InChI is InChI=1S/C26H24ClN3O2S/c1-32-20-9-12-22-23(17-20)28-24(25(22)33-21-10-7-18(27)8-11-21)26(31)30-15-13-29(14-16-30)19-5-3-2-4-6-19/h2-12,17,28H,13-16H2,1H3. The number of aromatic amines is 1. The van der Waals surface area contributed by atoms with E-state index in [4.69, 9.17) is 16.3 Å². The van der Waals surface area contributed by atoms with E-state index in [0.29, 0.717) is 23.8 Å². The van der Waals surface area contributed by atoms with Gasteiger partial charge in [0.2, 0.25) is 0 Å². The number of H-pyrrole nitrogens is 1. The van der Waals surface area contributed by atoms with Crippen LogP contribution in [0.4, 0.5) is 5.69 Å². The van der Waals surface area contributed by atoms with Gasteiger partial charge in [0.1, 0.15) is 11.4 Å². The molecule has 0 spiro atoms. The van der Waals surface area contributed by atoms with E-state index in [0.717, 1.165) is 39.5 Å². The molecule has 1 fully saturated rings. The minimum atomic E-state index is 0.0225. The molecule has 3 aromatic carbocycles. The molecule has 7 heteroatoms. The van der Waals surface area contributed by atoms with E-state index in [-0.39, 0.29) is 5.91 Å². The first-order valence-electron chi connectivity index (χ1n) is 10.8. The topological polar surface area (TPSA) is 48.6 Å². The van der Waals surface area contributed by atoms with Gasteiger partial charge in [-0.1, -0.05) is 41.6 Å². The van der Waals surface area contributed by atoms with E-state index in [1.54, 1.807) is 18.9 Å². The molecular weight excluding hydrogens is 454 g/mol. The molecule has 0 aliphatic carbocycles. The highest BCUT2D eigenvalue weighted by Crippen LogP contribution is 2.39. The third-order valence-electron chi connectivity index (χ3n) is 5.89. The highest BCUT2D eigenvalue weighted by molar-refractivity contribution is 7.99. The minimum Gasteiger partial charge on any atom is -0.497 e. The van der Waals surface area contributed by atoms with Gasteiger partial charge in [0.05, 0.1) is 17.5 Å². The summed E-state index contributed by atoms with van der Waals surface area (Å²) in [6.45, 7) is 2.97. The van der Waals surface area contributed by atoms with E-state index in [1.807, 2.05) is 65.6 Å². The Morgan fingerprint density at radius 2 is 1.70 bits per heavy atom. The van der Waals surface area contributed by atoms with Crippen molar-refractivity contribution >= 4 is 45.9 Å². The summed E-state index contributed by atoms with van der Waals surface area (Å²) in [5.41, 5.74) is 2.70. The van der Waals surface area contributed by atoms with Crippen molar-refractivity contribution in [2.45, 2.75) is 9.79 Å². The lowest BCUT2D eigenvalue weighted by atomic mass is 10.2. The molecule has 1 N–H and O–H groups in total. The van der Waals surface area contributed by atoms with Gasteiger partial charge >= 0.3 is 0 Å². The van der Waals surface area contributed by atoms with Gasteiger partial charge in [0.25, 0.3) is 5.91 Å². The summed E-state index contributed by atoms with van der Waals surface area (Å²) in [5, 5.41) is 1.69. The number of benzene rings is 3. The number of aromatic nitrogens is 1. The number of amides is 1. The Labute approximate surface area is 202 Å². The molecule has 1 amide bonds. The number of ether oxygens (including phenoxy) is 1. The predicted molar refractivity (Wildman–Crippen MR) is 135 cm³/mol. The second-order valence-corrected chi connectivity index (χ2v) is 9.43. The summed E-state index contributed by atoms with van der Waals surface area (Å²) in [6, 6.07) is 23.9. The first-order valence-corrected chi connectivity index (χ1v) is 12.0. The van der Waals surface area contributed by atoms with E-state index >= 15 is 0 Å². The van der Waals surface area contributed by atoms with Gasteiger partial charge in [0, 0.05) is 53.2 Å². The molecule has 1 aliphatic rings. The quantitative estimate of drug-likeness (QED) is 0.386. The summed E-state index contributed by atoms with van der Waals surface area (Å²) in [5.74, 6) is 0.775. The molecule has 0 bridgehead atoms. The van der Waals surface area contributed by atoms with Crippen molar-refractivity contribution in [2.24, 2.45) is 0 Å². The molecule has 168 valence electrons. The number of fused-ring (bicyclic) bond motifs is 1. The molecule has 1 aromatic heterocycles. The monoisotopic (exact) mass is 477 g/mol. The number of carbonyl (C=O) groups is 1. The van der Waals surface area contributed by atoms with E-state index in [2.05, 4.69) is 22.0 Å². The number of piperazine rings is 1. The zero-order valence-corrected chi connectivity index (χ0v) is 19.8. The van der Waals surface area contributed by atoms with Crippen LogP contribution in [0.25, 0.3) is 10.9 Å². The van der Waals surface area contributed by atoms with Crippen molar-refractivity contribution in [3.05, 3.63) is 83.5 Å². The van der Waals surface area contributed by atoms with Crippen LogP contribution in [0.3, 0.4) is 0 Å². The van der Waals surface area contributed by atoms with Crippen LogP contribution in [0.15, 0.2) is 82.6 Å². The Bertz CT molecular complexity index is 1270. The Morgan fingerprint density at radius 3 is 2.39 bits per heavy atom. The average Bonchev–Trinajstić information content (AvgIpc) is 3.23. The highest BCUT2D eigenvalue weighted by Gasteiger charge is 2.27. The molecule has 5 nitrogen and oxygen atoms in total. The van der Waals surface area contributed by atoms with Crippen molar-refractivity contribution in [3.8, 4) is 5.75 Å². The maximum Gasteiger partial charge on any atom is 0.271 e. The van der Waals surface area contributed by atoms with Crippen LogP contribution in [0.1, 0.15) is 10.5 Å². The third-order valence-corrected chi connectivity index (χ3v) is 7.28. The van der Waals surface area contributed by atoms with Crippen LogP contribution in [-0.2, 0) is 0 Å². The van der Waals surface area contributed by atoms with Gasteiger partial charge in [-0.05, 0) is 48.5 Å². The number of nitrogens with zero attached hydrogens (tertiary/aromatic N) is 2. The SMILES string of the molecule is COc1ccc2c(Sc3ccc(Cl)cc3)c(C(=O)N3CCN(c4ccccc4)CC3)[nH]c2c1. The summed E-state index contributed by atoms with van der Waals surface area (Å²) in [4.78, 5) is 23.2. The van der Waals surface area contributed by atoms with Crippen LogP contribution in [0, 0.1) is 0 Å². The Morgan fingerprint density at radius 1 is 0.970 bits per heavy atom. The predicted octanol–water partition coefficient (Wildman–Crippen LogP) is 5.94.